The van der Waals surface area contributed by atoms with E-state index in [-0.39, 0.29) is 24.4 Å². The van der Waals surface area contributed by atoms with Gasteiger partial charge in [0.05, 0.1) is 0 Å². The number of carbonyl (C=O) groups excluding carboxylic acids is 2. The molecule has 0 radical (unpaired) electrons. The highest BCUT2D eigenvalue weighted by atomic mass is 79.9. The van der Waals surface area contributed by atoms with E-state index in [0.717, 1.165) is 23.0 Å². The van der Waals surface area contributed by atoms with Gasteiger partial charge in [-0.2, -0.15) is 0 Å². The van der Waals surface area contributed by atoms with E-state index in [1.807, 2.05) is 24.3 Å². The number of anilines is 1. The highest BCUT2D eigenvalue weighted by Crippen LogP contribution is 2.20. The summed E-state index contributed by atoms with van der Waals surface area (Å²) in [5.74, 6) is -0.212. The molecular weight excluding hydrogens is 344 g/mol. The molecule has 0 spiro atoms. The molecule has 1 aliphatic carbocycles. The lowest BCUT2D eigenvalue weighted by Gasteiger charge is -2.23. The highest BCUT2D eigenvalue weighted by molar-refractivity contribution is 9.10. The van der Waals surface area contributed by atoms with Gasteiger partial charge in [0.1, 0.15) is 6.54 Å². The molecule has 5 heteroatoms. The summed E-state index contributed by atoms with van der Waals surface area (Å²) in [6.45, 7) is 1.56. The summed E-state index contributed by atoms with van der Waals surface area (Å²) >= 11 is 3.40. The predicted octanol–water partition coefficient (Wildman–Crippen LogP) is 3.64. The Labute approximate surface area is 140 Å². The molecule has 2 amide bonds. The van der Waals surface area contributed by atoms with Crippen LogP contribution in [-0.2, 0) is 9.59 Å². The molecule has 0 aromatic heterocycles. The Morgan fingerprint density at radius 1 is 1.23 bits per heavy atom. The van der Waals surface area contributed by atoms with Crippen LogP contribution in [0.2, 0.25) is 0 Å². The molecule has 1 aromatic carbocycles. The number of nitrogens with zero attached hydrogens (tertiary/aromatic N) is 1. The number of benzene rings is 1. The third kappa shape index (κ3) is 5.13. The van der Waals surface area contributed by atoms with Crippen LogP contribution in [0.15, 0.2) is 28.7 Å². The molecule has 0 bridgehead atoms. The van der Waals surface area contributed by atoms with Gasteiger partial charge in [-0.3, -0.25) is 9.59 Å². The van der Waals surface area contributed by atoms with Crippen molar-refractivity contribution in [1.82, 2.24) is 5.32 Å². The first-order chi connectivity index (χ1) is 10.6. The van der Waals surface area contributed by atoms with Crippen LogP contribution >= 0.6 is 15.9 Å². The Morgan fingerprint density at radius 3 is 2.50 bits per heavy atom. The van der Waals surface area contributed by atoms with E-state index in [1.54, 1.807) is 0 Å². The molecule has 0 atom stereocenters. The van der Waals surface area contributed by atoms with Crippen LogP contribution in [-0.4, -0.2) is 24.4 Å². The van der Waals surface area contributed by atoms with Gasteiger partial charge in [-0.15, -0.1) is 0 Å². The molecule has 2 rings (SSSR count). The quantitative estimate of drug-likeness (QED) is 0.826. The van der Waals surface area contributed by atoms with E-state index in [4.69, 9.17) is 0 Å². The number of carbonyl (C=O) groups is 2. The zero-order valence-electron chi connectivity index (χ0n) is 13.0. The summed E-state index contributed by atoms with van der Waals surface area (Å²) in [5.41, 5.74) is 0.734. The van der Waals surface area contributed by atoms with Crippen molar-refractivity contribution in [1.29, 1.82) is 0 Å². The molecule has 0 aliphatic heterocycles. The minimum Gasteiger partial charge on any atom is -0.352 e. The molecule has 0 unspecified atom stereocenters. The topological polar surface area (TPSA) is 49.4 Å². The Morgan fingerprint density at radius 2 is 1.91 bits per heavy atom. The van der Waals surface area contributed by atoms with E-state index in [0.29, 0.717) is 0 Å². The second kappa shape index (κ2) is 8.32. The number of rotatable bonds is 4. The van der Waals surface area contributed by atoms with Crippen LogP contribution < -0.4 is 10.2 Å². The molecule has 0 saturated heterocycles. The molecular formula is C17H23BrN2O2. The van der Waals surface area contributed by atoms with Crippen LogP contribution in [0.3, 0.4) is 0 Å². The number of hydrogen-bond donors (Lipinski definition) is 1. The van der Waals surface area contributed by atoms with Crippen molar-refractivity contribution in [3.8, 4) is 0 Å². The fourth-order valence-electron chi connectivity index (χ4n) is 2.87. The number of halogens is 1. The molecule has 1 saturated carbocycles. The average Bonchev–Trinajstić information content (AvgIpc) is 2.73. The summed E-state index contributed by atoms with van der Waals surface area (Å²) in [5, 5.41) is 3.08. The maximum atomic E-state index is 12.3. The summed E-state index contributed by atoms with van der Waals surface area (Å²) in [6, 6.07) is 7.70. The van der Waals surface area contributed by atoms with Crippen LogP contribution in [0.4, 0.5) is 5.69 Å². The van der Waals surface area contributed by atoms with Crippen LogP contribution in [0.25, 0.3) is 0 Å². The number of amides is 2. The molecule has 120 valence electrons. The SMILES string of the molecule is CC(=O)N(CC(=O)NC1CCCCCC1)c1cccc(Br)c1. The summed E-state index contributed by atoms with van der Waals surface area (Å²) < 4.78 is 0.889. The van der Waals surface area contributed by atoms with Gasteiger partial charge >= 0.3 is 0 Å². The Bertz CT molecular complexity index is 525. The Hall–Kier alpha value is -1.36. The van der Waals surface area contributed by atoms with Crippen molar-refractivity contribution in [2.75, 3.05) is 11.4 Å². The number of nitrogens with one attached hydrogen (secondary N) is 1. The van der Waals surface area contributed by atoms with E-state index >= 15 is 0 Å². The van der Waals surface area contributed by atoms with Crippen molar-refractivity contribution in [2.24, 2.45) is 0 Å². The van der Waals surface area contributed by atoms with E-state index in [1.165, 1.54) is 37.5 Å². The van der Waals surface area contributed by atoms with Crippen molar-refractivity contribution >= 4 is 33.4 Å². The zero-order valence-corrected chi connectivity index (χ0v) is 14.6. The third-order valence-corrected chi connectivity index (χ3v) is 4.52. The predicted molar refractivity (Wildman–Crippen MR) is 91.8 cm³/mol. The normalized spacial score (nSPS) is 15.9. The maximum absolute atomic E-state index is 12.3. The average molecular weight is 367 g/mol. The van der Waals surface area contributed by atoms with Gasteiger partial charge in [-0.05, 0) is 31.0 Å². The van der Waals surface area contributed by atoms with Gasteiger partial charge in [-0.25, -0.2) is 0 Å². The lowest BCUT2D eigenvalue weighted by atomic mass is 10.1. The lowest BCUT2D eigenvalue weighted by molar-refractivity contribution is -0.123. The fraction of sp³-hybridized carbons (Fsp3) is 0.529. The van der Waals surface area contributed by atoms with Crippen molar-refractivity contribution in [3.63, 3.8) is 0 Å². The first-order valence-electron chi connectivity index (χ1n) is 7.89. The van der Waals surface area contributed by atoms with E-state index < -0.39 is 0 Å². The monoisotopic (exact) mass is 366 g/mol. The smallest absolute Gasteiger partial charge is 0.240 e. The van der Waals surface area contributed by atoms with E-state index in [2.05, 4.69) is 21.2 Å². The van der Waals surface area contributed by atoms with Crippen molar-refractivity contribution in [2.45, 2.75) is 51.5 Å². The first-order valence-corrected chi connectivity index (χ1v) is 8.68. The maximum Gasteiger partial charge on any atom is 0.240 e. The van der Waals surface area contributed by atoms with Crippen LogP contribution in [0.1, 0.15) is 45.4 Å². The molecule has 1 fully saturated rings. The highest BCUT2D eigenvalue weighted by Gasteiger charge is 2.19. The fourth-order valence-corrected chi connectivity index (χ4v) is 3.26. The largest absolute Gasteiger partial charge is 0.352 e. The van der Waals surface area contributed by atoms with Crippen LogP contribution in [0, 0.1) is 0 Å². The standard InChI is InChI=1S/C17H23BrN2O2/c1-13(21)20(16-10-6-7-14(18)11-16)12-17(22)19-15-8-4-2-3-5-9-15/h6-7,10-11,15H,2-5,8-9,12H2,1H3,(H,19,22). The molecule has 4 nitrogen and oxygen atoms in total. The number of hydrogen-bond acceptors (Lipinski definition) is 2. The van der Waals surface area contributed by atoms with E-state index in [9.17, 15) is 9.59 Å². The summed E-state index contributed by atoms with van der Waals surface area (Å²) in [7, 11) is 0. The molecule has 1 N–H and O–H groups in total. The van der Waals surface area contributed by atoms with Crippen LogP contribution in [0.5, 0.6) is 0 Å². The van der Waals surface area contributed by atoms with Crippen molar-refractivity contribution < 1.29 is 9.59 Å². The summed E-state index contributed by atoms with van der Waals surface area (Å²) in [6.07, 6.45) is 6.94. The van der Waals surface area contributed by atoms with Gasteiger partial charge in [0.15, 0.2) is 0 Å². The Balaban J connectivity index is 1.98. The summed E-state index contributed by atoms with van der Waals surface area (Å²) in [4.78, 5) is 25.7. The second-order valence-electron chi connectivity index (χ2n) is 5.84. The van der Waals surface area contributed by atoms with Gasteiger partial charge in [0.25, 0.3) is 0 Å². The zero-order chi connectivity index (χ0) is 15.9. The van der Waals surface area contributed by atoms with Gasteiger partial charge in [0, 0.05) is 23.1 Å². The molecule has 22 heavy (non-hydrogen) atoms. The Kier molecular flexibility index (Phi) is 6.43. The second-order valence-corrected chi connectivity index (χ2v) is 6.76. The molecule has 1 aliphatic rings. The lowest BCUT2D eigenvalue weighted by Crippen LogP contribution is -2.43. The van der Waals surface area contributed by atoms with Crippen molar-refractivity contribution in [3.05, 3.63) is 28.7 Å². The minimum atomic E-state index is -0.130. The van der Waals surface area contributed by atoms with Gasteiger partial charge in [0.2, 0.25) is 11.8 Å². The first kappa shape index (κ1) is 17.0. The minimum absolute atomic E-state index is 0.0717. The molecule has 1 aromatic rings. The third-order valence-electron chi connectivity index (χ3n) is 4.02. The van der Waals surface area contributed by atoms with Gasteiger partial charge < -0.3 is 10.2 Å². The molecule has 0 heterocycles. The van der Waals surface area contributed by atoms with Gasteiger partial charge in [-0.1, -0.05) is 47.7 Å².